The lowest BCUT2D eigenvalue weighted by Crippen LogP contribution is -2.54. The number of halogens is 1. The largest absolute Gasteiger partial charge is 0.496 e. The Bertz CT molecular complexity index is 766. The Morgan fingerprint density at radius 3 is 2.71 bits per heavy atom. The van der Waals surface area contributed by atoms with Gasteiger partial charge < -0.3 is 15.4 Å². The summed E-state index contributed by atoms with van der Waals surface area (Å²) >= 11 is 6.26. The van der Waals surface area contributed by atoms with Crippen molar-refractivity contribution in [3.63, 3.8) is 0 Å². The van der Waals surface area contributed by atoms with Gasteiger partial charge in [0, 0.05) is 29.2 Å². The Morgan fingerprint density at radius 2 is 1.89 bits per heavy atom. The fraction of sp³-hybridized carbons (Fsp3) is 0.500. The molecule has 150 valence electrons. The molecular formula is C24H31ClN2O. The van der Waals surface area contributed by atoms with E-state index in [1.165, 1.54) is 37.7 Å². The first-order chi connectivity index (χ1) is 13.8. The van der Waals surface area contributed by atoms with E-state index in [0.29, 0.717) is 18.0 Å². The summed E-state index contributed by atoms with van der Waals surface area (Å²) in [5.41, 5.74) is 2.50. The van der Waals surface area contributed by atoms with Gasteiger partial charge in [-0.25, -0.2) is 0 Å². The van der Waals surface area contributed by atoms with Gasteiger partial charge in [-0.05, 0) is 55.0 Å². The van der Waals surface area contributed by atoms with Crippen molar-refractivity contribution in [1.82, 2.24) is 10.6 Å². The smallest absolute Gasteiger partial charge is 0.123 e. The van der Waals surface area contributed by atoms with E-state index >= 15 is 0 Å². The van der Waals surface area contributed by atoms with Crippen LogP contribution in [0.5, 0.6) is 5.75 Å². The molecule has 4 atom stereocenters. The van der Waals surface area contributed by atoms with E-state index in [-0.39, 0.29) is 0 Å². The molecule has 1 saturated carbocycles. The lowest BCUT2D eigenvalue weighted by Gasteiger charge is -2.44. The standard InChI is InChI=1S/C24H31ClN2O/c1-28-22-13-12-20(25)14-19(22)16-27-24-21-11-7-3-6-10-18(21)15-26-23(24)17-8-4-2-5-9-17/h2,4-5,8-9,12-14,18,21,23-24,26-27H,3,6-7,10-11,15-16H2,1H3. The summed E-state index contributed by atoms with van der Waals surface area (Å²) in [6, 6.07) is 17.5. The van der Waals surface area contributed by atoms with Gasteiger partial charge in [-0.3, -0.25) is 0 Å². The second kappa shape index (κ2) is 9.30. The molecule has 0 bridgehead atoms. The number of hydrogen-bond donors (Lipinski definition) is 2. The van der Waals surface area contributed by atoms with Crippen molar-refractivity contribution < 1.29 is 4.74 Å². The summed E-state index contributed by atoms with van der Waals surface area (Å²) in [7, 11) is 1.73. The molecule has 2 aromatic rings. The van der Waals surface area contributed by atoms with Crippen LogP contribution < -0.4 is 15.4 Å². The van der Waals surface area contributed by atoms with Crippen LogP contribution in [0.25, 0.3) is 0 Å². The maximum absolute atomic E-state index is 6.26. The molecule has 4 unspecified atom stereocenters. The van der Waals surface area contributed by atoms with Crippen molar-refractivity contribution in [2.45, 2.75) is 50.7 Å². The van der Waals surface area contributed by atoms with Crippen molar-refractivity contribution in [2.75, 3.05) is 13.7 Å². The summed E-state index contributed by atoms with van der Waals surface area (Å²) in [6.07, 6.45) is 6.75. The van der Waals surface area contributed by atoms with E-state index in [0.717, 1.165) is 35.3 Å². The number of hydrogen-bond acceptors (Lipinski definition) is 3. The van der Waals surface area contributed by atoms with Gasteiger partial charge in [-0.2, -0.15) is 0 Å². The van der Waals surface area contributed by atoms with Gasteiger partial charge >= 0.3 is 0 Å². The van der Waals surface area contributed by atoms with E-state index in [2.05, 4.69) is 41.0 Å². The molecule has 0 amide bonds. The molecular weight excluding hydrogens is 368 g/mol. The van der Waals surface area contributed by atoms with E-state index < -0.39 is 0 Å². The van der Waals surface area contributed by atoms with Crippen LogP contribution in [-0.4, -0.2) is 19.7 Å². The number of methoxy groups -OCH3 is 1. The molecule has 0 spiro atoms. The second-order valence-electron chi connectivity index (χ2n) is 8.22. The molecule has 4 rings (SSSR count). The van der Waals surface area contributed by atoms with Crippen molar-refractivity contribution in [3.8, 4) is 5.75 Å². The molecule has 1 aliphatic heterocycles. The Hall–Kier alpha value is -1.55. The van der Waals surface area contributed by atoms with Gasteiger partial charge in [0.25, 0.3) is 0 Å². The lowest BCUT2D eigenvalue weighted by atomic mass is 9.74. The monoisotopic (exact) mass is 398 g/mol. The topological polar surface area (TPSA) is 33.3 Å². The minimum absolute atomic E-state index is 0.339. The maximum atomic E-state index is 6.26. The van der Waals surface area contributed by atoms with Gasteiger partial charge in [-0.15, -0.1) is 0 Å². The molecule has 2 fully saturated rings. The van der Waals surface area contributed by atoms with Crippen LogP contribution in [0.3, 0.4) is 0 Å². The highest BCUT2D eigenvalue weighted by Gasteiger charge is 2.39. The first-order valence-corrected chi connectivity index (χ1v) is 11.0. The predicted octanol–water partition coefficient (Wildman–Crippen LogP) is 5.35. The number of benzene rings is 2. The average Bonchev–Trinajstić information content (AvgIpc) is 2.98. The highest BCUT2D eigenvalue weighted by molar-refractivity contribution is 6.30. The molecule has 2 aliphatic rings. The fourth-order valence-electron chi connectivity index (χ4n) is 5.16. The Balaban J connectivity index is 1.59. The van der Waals surface area contributed by atoms with Gasteiger partial charge in [0.05, 0.1) is 7.11 Å². The molecule has 2 N–H and O–H groups in total. The average molecular weight is 399 g/mol. The highest BCUT2D eigenvalue weighted by atomic mass is 35.5. The van der Waals surface area contributed by atoms with Crippen LogP contribution in [0.2, 0.25) is 5.02 Å². The van der Waals surface area contributed by atoms with Gasteiger partial charge in [0.2, 0.25) is 0 Å². The van der Waals surface area contributed by atoms with Crippen LogP contribution in [0, 0.1) is 11.8 Å². The molecule has 1 heterocycles. The van der Waals surface area contributed by atoms with Crippen molar-refractivity contribution in [1.29, 1.82) is 0 Å². The van der Waals surface area contributed by atoms with E-state index in [1.54, 1.807) is 7.11 Å². The fourth-order valence-corrected chi connectivity index (χ4v) is 5.35. The Kier molecular flexibility index (Phi) is 6.56. The van der Waals surface area contributed by atoms with Gasteiger partial charge in [-0.1, -0.05) is 61.2 Å². The van der Waals surface area contributed by atoms with Crippen molar-refractivity contribution in [3.05, 3.63) is 64.7 Å². The zero-order valence-corrected chi connectivity index (χ0v) is 17.4. The number of ether oxygens (including phenoxy) is 1. The number of fused-ring (bicyclic) bond motifs is 1. The molecule has 4 heteroatoms. The van der Waals surface area contributed by atoms with Crippen LogP contribution in [0.15, 0.2) is 48.5 Å². The minimum atomic E-state index is 0.339. The minimum Gasteiger partial charge on any atom is -0.496 e. The normalized spacial score (nSPS) is 27.6. The Labute approximate surface area is 173 Å². The summed E-state index contributed by atoms with van der Waals surface area (Å²) in [5, 5.41) is 8.54. The van der Waals surface area contributed by atoms with Crippen LogP contribution in [-0.2, 0) is 6.54 Å². The van der Waals surface area contributed by atoms with E-state index in [1.807, 2.05) is 18.2 Å². The summed E-state index contributed by atoms with van der Waals surface area (Å²) in [5.74, 6) is 2.37. The summed E-state index contributed by atoms with van der Waals surface area (Å²) < 4.78 is 5.56. The van der Waals surface area contributed by atoms with Crippen molar-refractivity contribution >= 4 is 11.6 Å². The third kappa shape index (κ3) is 4.37. The van der Waals surface area contributed by atoms with Crippen LogP contribution >= 0.6 is 11.6 Å². The lowest BCUT2D eigenvalue weighted by molar-refractivity contribution is 0.138. The first kappa shape index (κ1) is 19.8. The van der Waals surface area contributed by atoms with Crippen LogP contribution in [0.1, 0.15) is 49.3 Å². The summed E-state index contributed by atoms with van der Waals surface area (Å²) in [4.78, 5) is 0. The number of piperidine rings is 1. The van der Waals surface area contributed by atoms with E-state index in [4.69, 9.17) is 16.3 Å². The molecule has 2 aromatic carbocycles. The third-order valence-corrected chi connectivity index (χ3v) is 6.80. The van der Waals surface area contributed by atoms with Gasteiger partial charge in [0.1, 0.15) is 5.75 Å². The zero-order valence-electron chi connectivity index (χ0n) is 16.7. The zero-order chi connectivity index (χ0) is 19.3. The van der Waals surface area contributed by atoms with Crippen LogP contribution in [0.4, 0.5) is 0 Å². The van der Waals surface area contributed by atoms with E-state index in [9.17, 15) is 0 Å². The molecule has 0 radical (unpaired) electrons. The molecule has 28 heavy (non-hydrogen) atoms. The third-order valence-electron chi connectivity index (χ3n) is 6.57. The quantitative estimate of drug-likeness (QED) is 0.712. The first-order valence-electron chi connectivity index (χ1n) is 10.6. The SMILES string of the molecule is COc1ccc(Cl)cc1CNC1C(c2ccccc2)NCC2CCCCCC21. The molecule has 1 saturated heterocycles. The maximum Gasteiger partial charge on any atom is 0.123 e. The van der Waals surface area contributed by atoms with Gasteiger partial charge in [0.15, 0.2) is 0 Å². The predicted molar refractivity (Wildman–Crippen MR) is 116 cm³/mol. The Morgan fingerprint density at radius 1 is 1.07 bits per heavy atom. The molecule has 0 aromatic heterocycles. The number of rotatable bonds is 5. The van der Waals surface area contributed by atoms with Crippen molar-refractivity contribution in [2.24, 2.45) is 11.8 Å². The highest BCUT2D eigenvalue weighted by Crippen LogP contribution is 2.39. The second-order valence-corrected chi connectivity index (χ2v) is 8.66. The summed E-state index contributed by atoms with van der Waals surface area (Å²) in [6.45, 7) is 1.89. The number of nitrogens with one attached hydrogen (secondary N) is 2. The molecule has 1 aliphatic carbocycles. The molecule has 3 nitrogen and oxygen atoms in total.